The first-order valence-electron chi connectivity index (χ1n) is 4.70. The van der Waals surface area contributed by atoms with Gasteiger partial charge in [0.15, 0.2) is 0 Å². The second-order valence-corrected chi connectivity index (χ2v) is 4.10. The summed E-state index contributed by atoms with van der Waals surface area (Å²) in [6.45, 7) is 1.87. The topological polar surface area (TPSA) is 26.0 Å². The summed E-state index contributed by atoms with van der Waals surface area (Å²) < 4.78 is 27.5. The van der Waals surface area contributed by atoms with Crippen LogP contribution in [-0.2, 0) is 5.92 Å². The molecule has 1 fully saturated rings. The van der Waals surface area contributed by atoms with Gasteiger partial charge in [0.1, 0.15) is 0 Å². The van der Waals surface area contributed by atoms with Crippen molar-refractivity contribution in [2.75, 3.05) is 0 Å². The monoisotopic (exact) mass is 197 g/mol. The molecule has 0 aromatic heterocycles. The van der Waals surface area contributed by atoms with E-state index in [1.807, 2.05) is 6.92 Å². The van der Waals surface area contributed by atoms with Crippen LogP contribution < -0.4 is 5.73 Å². The van der Waals surface area contributed by atoms with Gasteiger partial charge in [-0.2, -0.15) is 8.78 Å². The van der Waals surface area contributed by atoms with Gasteiger partial charge in [-0.1, -0.05) is 29.8 Å². The summed E-state index contributed by atoms with van der Waals surface area (Å²) in [7, 11) is 0. The molecule has 0 saturated heterocycles. The molecule has 2 N–H and O–H groups in total. The molecule has 0 amide bonds. The first kappa shape index (κ1) is 9.59. The molecule has 0 radical (unpaired) electrons. The highest BCUT2D eigenvalue weighted by Gasteiger charge is 2.59. The Morgan fingerprint density at radius 3 is 2.14 bits per heavy atom. The highest BCUT2D eigenvalue weighted by Crippen LogP contribution is 2.51. The average Bonchev–Trinajstić information content (AvgIpc) is 2.86. The largest absolute Gasteiger partial charge is 0.320 e. The molecule has 1 nitrogen and oxygen atoms in total. The number of benzene rings is 1. The second kappa shape index (κ2) is 2.76. The van der Waals surface area contributed by atoms with Crippen LogP contribution in [0.15, 0.2) is 24.3 Å². The van der Waals surface area contributed by atoms with Crippen LogP contribution in [0.5, 0.6) is 0 Å². The summed E-state index contributed by atoms with van der Waals surface area (Å²) in [5, 5.41) is 0. The van der Waals surface area contributed by atoms with Crippen LogP contribution in [0.3, 0.4) is 0 Å². The van der Waals surface area contributed by atoms with E-state index in [1.54, 1.807) is 12.1 Å². The molecule has 1 saturated carbocycles. The van der Waals surface area contributed by atoms with E-state index in [1.165, 1.54) is 12.1 Å². The molecule has 1 aliphatic carbocycles. The molecule has 3 heteroatoms. The fourth-order valence-electron chi connectivity index (χ4n) is 1.50. The number of hydrogen-bond donors (Lipinski definition) is 1. The van der Waals surface area contributed by atoms with Crippen LogP contribution in [0.4, 0.5) is 8.78 Å². The van der Waals surface area contributed by atoms with Crippen LogP contribution >= 0.6 is 0 Å². The molecule has 0 unspecified atom stereocenters. The summed E-state index contributed by atoms with van der Waals surface area (Å²) >= 11 is 0. The lowest BCUT2D eigenvalue weighted by molar-refractivity contribution is -0.0421. The fourth-order valence-corrected chi connectivity index (χ4v) is 1.50. The quantitative estimate of drug-likeness (QED) is 0.774. The van der Waals surface area contributed by atoms with E-state index in [0.29, 0.717) is 12.8 Å². The third-order valence-corrected chi connectivity index (χ3v) is 2.83. The second-order valence-electron chi connectivity index (χ2n) is 4.10. The van der Waals surface area contributed by atoms with Gasteiger partial charge >= 0.3 is 0 Å². The average molecular weight is 197 g/mol. The number of aryl methyl sites for hydroxylation is 1. The van der Waals surface area contributed by atoms with Crippen molar-refractivity contribution in [3.63, 3.8) is 0 Å². The van der Waals surface area contributed by atoms with Gasteiger partial charge < -0.3 is 5.73 Å². The van der Waals surface area contributed by atoms with E-state index in [0.717, 1.165) is 5.56 Å². The summed E-state index contributed by atoms with van der Waals surface area (Å²) in [6, 6.07) is 6.30. The van der Waals surface area contributed by atoms with Crippen molar-refractivity contribution < 1.29 is 8.78 Å². The van der Waals surface area contributed by atoms with E-state index < -0.39 is 11.5 Å². The molecule has 1 aromatic rings. The van der Waals surface area contributed by atoms with Crippen LogP contribution in [-0.4, -0.2) is 5.54 Å². The van der Waals surface area contributed by atoms with Crippen molar-refractivity contribution in [3.05, 3.63) is 35.4 Å². The first-order valence-corrected chi connectivity index (χ1v) is 4.70. The predicted octanol–water partition coefficient (Wildman–Crippen LogP) is 2.58. The molecule has 76 valence electrons. The minimum atomic E-state index is -2.89. The van der Waals surface area contributed by atoms with Gasteiger partial charge in [-0.15, -0.1) is 0 Å². The van der Waals surface area contributed by atoms with Gasteiger partial charge in [-0.05, 0) is 19.8 Å². The SMILES string of the molecule is Cc1ccc(C(F)(F)C2(N)CC2)cc1. The summed E-state index contributed by atoms with van der Waals surface area (Å²) in [4.78, 5) is 0. The molecule has 2 rings (SSSR count). The van der Waals surface area contributed by atoms with Crippen LogP contribution in [0.2, 0.25) is 0 Å². The van der Waals surface area contributed by atoms with Crippen molar-refractivity contribution in [1.82, 2.24) is 0 Å². The van der Waals surface area contributed by atoms with Gasteiger partial charge in [-0.25, -0.2) is 0 Å². The maximum atomic E-state index is 13.7. The van der Waals surface area contributed by atoms with Crippen molar-refractivity contribution in [3.8, 4) is 0 Å². The summed E-state index contributed by atoms with van der Waals surface area (Å²) in [5.74, 6) is -2.89. The number of rotatable bonds is 2. The molecule has 0 spiro atoms. The Hall–Kier alpha value is -0.960. The zero-order chi connectivity index (χ0) is 10.4. The van der Waals surface area contributed by atoms with Gasteiger partial charge in [-0.3, -0.25) is 0 Å². The maximum Gasteiger partial charge on any atom is 0.290 e. The fraction of sp³-hybridized carbons (Fsp3) is 0.455. The Labute approximate surface area is 81.9 Å². The molecule has 1 aliphatic rings. The molecule has 0 aliphatic heterocycles. The normalized spacial score (nSPS) is 19.4. The number of nitrogens with two attached hydrogens (primary N) is 1. The lowest BCUT2D eigenvalue weighted by Crippen LogP contribution is -2.41. The zero-order valence-electron chi connectivity index (χ0n) is 8.06. The van der Waals surface area contributed by atoms with Gasteiger partial charge in [0, 0.05) is 5.56 Å². The van der Waals surface area contributed by atoms with E-state index in [9.17, 15) is 8.78 Å². The Bertz CT molecular complexity index is 339. The highest BCUT2D eigenvalue weighted by molar-refractivity contribution is 5.30. The summed E-state index contributed by atoms with van der Waals surface area (Å²) in [6.07, 6.45) is 0.821. The number of halogens is 2. The van der Waals surface area contributed by atoms with Crippen molar-refractivity contribution in [2.45, 2.75) is 31.2 Å². The predicted molar refractivity (Wildman–Crippen MR) is 51.2 cm³/mol. The van der Waals surface area contributed by atoms with Gasteiger partial charge in [0.05, 0.1) is 5.54 Å². The van der Waals surface area contributed by atoms with E-state index in [-0.39, 0.29) is 5.56 Å². The van der Waals surface area contributed by atoms with E-state index in [2.05, 4.69) is 0 Å². The Balaban J connectivity index is 2.34. The lowest BCUT2D eigenvalue weighted by atomic mass is 9.99. The summed E-state index contributed by atoms with van der Waals surface area (Å²) in [5.41, 5.74) is 5.26. The highest BCUT2D eigenvalue weighted by atomic mass is 19.3. The zero-order valence-corrected chi connectivity index (χ0v) is 8.06. The molecule has 0 heterocycles. The first-order chi connectivity index (χ1) is 6.46. The molecule has 0 atom stereocenters. The molecule has 14 heavy (non-hydrogen) atoms. The Morgan fingerprint density at radius 2 is 1.71 bits per heavy atom. The minimum absolute atomic E-state index is 0.0306. The maximum absolute atomic E-state index is 13.7. The standard InChI is InChI=1S/C11H13F2N/c1-8-2-4-9(5-3-8)11(12,13)10(14)6-7-10/h2-5H,6-7,14H2,1H3. The van der Waals surface area contributed by atoms with Crippen LogP contribution in [0.1, 0.15) is 24.0 Å². The van der Waals surface area contributed by atoms with E-state index >= 15 is 0 Å². The molecule has 0 bridgehead atoms. The van der Waals surface area contributed by atoms with Crippen molar-refractivity contribution in [1.29, 1.82) is 0 Å². The van der Waals surface area contributed by atoms with Crippen molar-refractivity contribution >= 4 is 0 Å². The third-order valence-electron chi connectivity index (χ3n) is 2.83. The molecular weight excluding hydrogens is 184 g/mol. The smallest absolute Gasteiger partial charge is 0.290 e. The number of hydrogen-bond acceptors (Lipinski definition) is 1. The lowest BCUT2D eigenvalue weighted by Gasteiger charge is -2.23. The van der Waals surface area contributed by atoms with E-state index in [4.69, 9.17) is 5.73 Å². The minimum Gasteiger partial charge on any atom is -0.320 e. The molecular formula is C11H13F2N. The van der Waals surface area contributed by atoms with Crippen LogP contribution in [0, 0.1) is 6.92 Å². The van der Waals surface area contributed by atoms with Crippen molar-refractivity contribution in [2.24, 2.45) is 5.73 Å². The Kier molecular flexibility index (Phi) is 1.89. The number of alkyl halides is 2. The van der Waals surface area contributed by atoms with Gasteiger partial charge in [0.25, 0.3) is 5.92 Å². The Morgan fingerprint density at radius 1 is 1.21 bits per heavy atom. The van der Waals surface area contributed by atoms with Crippen LogP contribution in [0.25, 0.3) is 0 Å². The third kappa shape index (κ3) is 1.32. The van der Waals surface area contributed by atoms with Gasteiger partial charge in [0.2, 0.25) is 0 Å². The molecule has 1 aromatic carbocycles.